The summed E-state index contributed by atoms with van der Waals surface area (Å²) in [6, 6.07) is 2.24. The largest absolute Gasteiger partial charge is 0.368 e. The van der Waals surface area contributed by atoms with Gasteiger partial charge in [-0.05, 0) is 30.2 Å². The van der Waals surface area contributed by atoms with E-state index in [1.54, 1.807) is 11.3 Å². The summed E-state index contributed by atoms with van der Waals surface area (Å²) in [6.45, 7) is 11.3. The van der Waals surface area contributed by atoms with Crippen LogP contribution in [0.15, 0.2) is 6.07 Å². The van der Waals surface area contributed by atoms with Gasteiger partial charge in [0.25, 0.3) is 0 Å². The Morgan fingerprint density at radius 1 is 1.38 bits per heavy atom. The molecule has 0 aliphatic carbocycles. The van der Waals surface area contributed by atoms with E-state index < -0.39 is 0 Å². The summed E-state index contributed by atoms with van der Waals surface area (Å²) in [5, 5.41) is 1.17. The molecular formula is C16H24N4S. The molecule has 114 valence electrons. The summed E-state index contributed by atoms with van der Waals surface area (Å²) < 4.78 is 0. The van der Waals surface area contributed by atoms with Crippen molar-refractivity contribution in [1.29, 1.82) is 0 Å². The molecule has 1 fully saturated rings. The van der Waals surface area contributed by atoms with Crippen molar-refractivity contribution < 1.29 is 0 Å². The summed E-state index contributed by atoms with van der Waals surface area (Å²) in [4.78, 5) is 13.7. The molecule has 5 heteroatoms. The van der Waals surface area contributed by atoms with Crippen LogP contribution in [0.1, 0.15) is 39.0 Å². The molecule has 1 unspecified atom stereocenters. The SMILES string of the molecule is CCc1cc2c(N3CCC(C(C)(C)C)C3)nc(N)nc2s1. The number of hydrogen-bond donors (Lipinski definition) is 1. The van der Waals surface area contributed by atoms with E-state index in [0.717, 1.165) is 30.2 Å². The molecule has 0 radical (unpaired) electrons. The minimum atomic E-state index is 0.343. The second-order valence-electron chi connectivity index (χ2n) is 6.99. The third kappa shape index (κ3) is 2.71. The highest BCUT2D eigenvalue weighted by molar-refractivity contribution is 7.18. The monoisotopic (exact) mass is 304 g/mol. The van der Waals surface area contributed by atoms with Crippen LogP contribution in [-0.2, 0) is 6.42 Å². The number of hydrogen-bond acceptors (Lipinski definition) is 5. The van der Waals surface area contributed by atoms with Crippen molar-refractivity contribution in [2.75, 3.05) is 23.7 Å². The zero-order valence-corrected chi connectivity index (χ0v) is 14.1. The first kappa shape index (κ1) is 14.6. The topological polar surface area (TPSA) is 55.0 Å². The molecular weight excluding hydrogens is 280 g/mol. The van der Waals surface area contributed by atoms with E-state index in [0.29, 0.717) is 17.3 Å². The van der Waals surface area contributed by atoms with Crippen LogP contribution in [0, 0.1) is 11.3 Å². The lowest BCUT2D eigenvalue weighted by molar-refractivity contribution is 0.263. The molecule has 1 aliphatic rings. The van der Waals surface area contributed by atoms with Crippen molar-refractivity contribution >= 4 is 33.3 Å². The third-order valence-corrected chi connectivity index (χ3v) is 5.68. The zero-order valence-electron chi connectivity index (χ0n) is 13.3. The van der Waals surface area contributed by atoms with Crippen molar-refractivity contribution in [2.45, 2.75) is 40.5 Å². The molecule has 0 spiro atoms. The number of nitrogens with zero attached hydrogens (tertiary/aromatic N) is 3. The average Bonchev–Trinajstić information content (AvgIpc) is 3.03. The number of fused-ring (bicyclic) bond motifs is 1. The van der Waals surface area contributed by atoms with Crippen LogP contribution in [0.2, 0.25) is 0 Å². The predicted molar refractivity (Wildman–Crippen MR) is 91.0 cm³/mol. The number of nitrogens with two attached hydrogens (primary N) is 1. The Balaban J connectivity index is 1.99. The van der Waals surface area contributed by atoms with Crippen LogP contribution < -0.4 is 10.6 Å². The van der Waals surface area contributed by atoms with Gasteiger partial charge in [-0.2, -0.15) is 4.98 Å². The third-order valence-electron chi connectivity index (χ3n) is 4.50. The van der Waals surface area contributed by atoms with Gasteiger partial charge >= 0.3 is 0 Å². The van der Waals surface area contributed by atoms with Crippen molar-refractivity contribution in [3.05, 3.63) is 10.9 Å². The van der Waals surface area contributed by atoms with Crippen molar-refractivity contribution in [2.24, 2.45) is 11.3 Å². The lowest BCUT2D eigenvalue weighted by Crippen LogP contribution is -2.26. The minimum absolute atomic E-state index is 0.343. The van der Waals surface area contributed by atoms with E-state index in [2.05, 4.69) is 48.6 Å². The lowest BCUT2D eigenvalue weighted by atomic mass is 9.80. The maximum Gasteiger partial charge on any atom is 0.223 e. The van der Waals surface area contributed by atoms with Crippen LogP contribution in [0.3, 0.4) is 0 Å². The fourth-order valence-corrected chi connectivity index (χ4v) is 4.02. The summed E-state index contributed by atoms with van der Waals surface area (Å²) in [5.74, 6) is 2.12. The van der Waals surface area contributed by atoms with E-state index >= 15 is 0 Å². The summed E-state index contributed by atoms with van der Waals surface area (Å²) in [7, 11) is 0. The predicted octanol–water partition coefficient (Wildman–Crippen LogP) is 3.71. The highest BCUT2D eigenvalue weighted by Gasteiger charge is 2.33. The van der Waals surface area contributed by atoms with Gasteiger partial charge in [-0.3, -0.25) is 0 Å². The fourth-order valence-electron chi connectivity index (χ4n) is 3.05. The van der Waals surface area contributed by atoms with E-state index in [1.807, 2.05) is 0 Å². The van der Waals surface area contributed by atoms with Gasteiger partial charge in [0, 0.05) is 18.0 Å². The summed E-state index contributed by atoms with van der Waals surface area (Å²) in [5.41, 5.74) is 6.26. The second kappa shape index (κ2) is 5.13. The van der Waals surface area contributed by atoms with E-state index in [-0.39, 0.29) is 0 Å². The first-order chi connectivity index (χ1) is 9.88. The molecule has 21 heavy (non-hydrogen) atoms. The molecule has 2 N–H and O–H groups in total. The molecule has 3 rings (SSSR count). The quantitative estimate of drug-likeness (QED) is 0.919. The molecule has 4 nitrogen and oxygen atoms in total. The Kier molecular flexibility index (Phi) is 3.56. The van der Waals surface area contributed by atoms with Gasteiger partial charge in [0.1, 0.15) is 10.6 Å². The Bertz CT molecular complexity index is 656. The number of anilines is 2. The summed E-state index contributed by atoms with van der Waals surface area (Å²) >= 11 is 1.73. The summed E-state index contributed by atoms with van der Waals surface area (Å²) in [6.07, 6.45) is 2.25. The highest BCUT2D eigenvalue weighted by atomic mass is 32.1. The van der Waals surface area contributed by atoms with Crippen molar-refractivity contribution in [1.82, 2.24) is 9.97 Å². The Morgan fingerprint density at radius 3 is 2.76 bits per heavy atom. The molecule has 0 saturated carbocycles. The molecule has 3 heterocycles. The first-order valence-electron chi connectivity index (χ1n) is 7.69. The molecule has 1 saturated heterocycles. The molecule has 1 aliphatic heterocycles. The number of thiophene rings is 1. The fraction of sp³-hybridized carbons (Fsp3) is 0.625. The van der Waals surface area contributed by atoms with Gasteiger partial charge in [-0.15, -0.1) is 11.3 Å². The smallest absolute Gasteiger partial charge is 0.223 e. The van der Waals surface area contributed by atoms with Gasteiger partial charge in [-0.25, -0.2) is 4.98 Å². The number of aryl methyl sites for hydroxylation is 1. The standard InChI is InChI=1S/C16H24N4S/c1-5-11-8-12-13(18-15(17)19-14(12)21-11)20-7-6-10(9-20)16(2,3)4/h8,10H,5-7,9H2,1-4H3,(H2,17,18,19). The molecule has 0 aromatic carbocycles. The average molecular weight is 304 g/mol. The Labute approximate surface area is 130 Å². The van der Waals surface area contributed by atoms with Crippen molar-refractivity contribution in [3.63, 3.8) is 0 Å². The normalized spacial score (nSPS) is 19.6. The van der Waals surface area contributed by atoms with E-state index in [4.69, 9.17) is 5.73 Å². The number of rotatable bonds is 2. The van der Waals surface area contributed by atoms with E-state index in [1.165, 1.54) is 16.7 Å². The second-order valence-corrected chi connectivity index (χ2v) is 8.10. The van der Waals surface area contributed by atoms with Crippen LogP contribution in [-0.4, -0.2) is 23.1 Å². The Hall–Kier alpha value is -1.36. The highest BCUT2D eigenvalue weighted by Crippen LogP contribution is 2.38. The van der Waals surface area contributed by atoms with Gasteiger partial charge in [0.05, 0.1) is 5.39 Å². The number of aromatic nitrogens is 2. The molecule has 1 atom stereocenters. The maximum atomic E-state index is 5.92. The molecule has 2 aromatic heterocycles. The minimum Gasteiger partial charge on any atom is -0.368 e. The van der Waals surface area contributed by atoms with Crippen LogP contribution in [0.4, 0.5) is 11.8 Å². The van der Waals surface area contributed by atoms with Gasteiger partial charge in [0.2, 0.25) is 5.95 Å². The van der Waals surface area contributed by atoms with Crippen LogP contribution in [0.5, 0.6) is 0 Å². The Morgan fingerprint density at radius 2 is 2.14 bits per heavy atom. The van der Waals surface area contributed by atoms with Gasteiger partial charge < -0.3 is 10.6 Å². The molecule has 0 amide bonds. The van der Waals surface area contributed by atoms with Gasteiger partial charge in [0.15, 0.2) is 0 Å². The first-order valence-corrected chi connectivity index (χ1v) is 8.51. The number of nitrogen functional groups attached to an aromatic ring is 1. The molecule has 2 aromatic rings. The van der Waals surface area contributed by atoms with Crippen LogP contribution in [0.25, 0.3) is 10.2 Å². The van der Waals surface area contributed by atoms with Crippen LogP contribution >= 0.6 is 11.3 Å². The van der Waals surface area contributed by atoms with Crippen molar-refractivity contribution in [3.8, 4) is 0 Å². The molecule has 0 bridgehead atoms. The lowest BCUT2D eigenvalue weighted by Gasteiger charge is -2.27. The van der Waals surface area contributed by atoms with Gasteiger partial charge in [-0.1, -0.05) is 27.7 Å². The van der Waals surface area contributed by atoms with E-state index in [9.17, 15) is 0 Å². The maximum absolute atomic E-state index is 5.92. The zero-order chi connectivity index (χ0) is 15.2.